The van der Waals surface area contributed by atoms with Gasteiger partial charge in [-0.2, -0.15) is 0 Å². The molecule has 21 heavy (non-hydrogen) atoms. The minimum atomic E-state index is -0.792. The molecule has 0 spiro atoms. The van der Waals surface area contributed by atoms with Gasteiger partial charge >= 0.3 is 5.97 Å². The smallest absolute Gasteiger partial charge is 0.307 e. The Balaban J connectivity index is 1.69. The first-order valence-corrected chi connectivity index (χ1v) is 9.45. The Morgan fingerprint density at radius 3 is 2.43 bits per heavy atom. The maximum Gasteiger partial charge on any atom is 0.307 e. The van der Waals surface area contributed by atoms with Crippen LogP contribution in [-0.4, -0.2) is 41.0 Å². The van der Waals surface area contributed by atoms with Crippen LogP contribution in [0.5, 0.6) is 0 Å². The Hall–Kier alpha value is -0.370. The largest absolute Gasteiger partial charge is 0.481 e. The lowest BCUT2D eigenvalue weighted by atomic mass is 9.79. The molecular formula is C15H25IN2O3. The van der Waals surface area contributed by atoms with E-state index in [0.29, 0.717) is 6.54 Å². The zero-order valence-corrected chi connectivity index (χ0v) is 14.5. The SMILES string of the molecule is O=C(O)C1C2CCC(C2)C1C(=O)NCCNCCCCI. The van der Waals surface area contributed by atoms with Gasteiger partial charge in [0.05, 0.1) is 11.8 Å². The number of hydrogen-bond acceptors (Lipinski definition) is 3. The van der Waals surface area contributed by atoms with Gasteiger partial charge in [0, 0.05) is 13.1 Å². The molecule has 2 rings (SSSR count). The molecule has 0 saturated heterocycles. The van der Waals surface area contributed by atoms with Crippen LogP contribution in [0.4, 0.5) is 0 Å². The number of carbonyl (C=O) groups excluding carboxylic acids is 1. The van der Waals surface area contributed by atoms with E-state index in [1.165, 1.54) is 10.8 Å². The van der Waals surface area contributed by atoms with Crippen molar-refractivity contribution in [1.29, 1.82) is 0 Å². The molecule has 2 aliphatic carbocycles. The number of unbranched alkanes of at least 4 members (excludes halogenated alkanes) is 1. The Kier molecular flexibility index (Phi) is 6.73. The number of halogens is 1. The van der Waals surface area contributed by atoms with E-state index >= 15 is 0 Å². The van der Waals surface area contributed by atoms with Gasteiger partial charge in [0.25, 0.3) is 0 Å². The van der Waals surface area contributed by atoms with Crippen LogP contribution in [0.3, 0.4) is 0 Å². The molecule has 0 aromatic heterocycles. The van der Waals surface area contributed by atoms with Gasteiger partial charge in [-0.1, -0.05) is 22.6 Å². The molecule has 0 heterocycles. The van der Waals surface area contributed by atoms with Crippen LogP contribution in [0.15, 0.2) is 0 Å². The maximum atomic E-state index is 12.3. The molecule has 2 bridgehead atoms. The second-order valence-corrected chi connectivity index (χ2v) is 7.24. The van der Waals surface area contributed by atoms with E-state index in [1.807, 2.05) is 0 Å². The van der Waals surface area contributed by atoms with Crippen LogP contribution in [0.2, 0.25) is 0 Å². The fourth-order valence-electron chi connectivity index (χ4n) is 3.89. The van der Waals surface area contributed by atoms with Gasteiger partial charge in [0.2, 0.25) is 5.91 Å². The van der Waals surface area contributed by atoms with Crippen molar-refractivity contribution < 1.29 is 14.7 Å². The predicted molar refractivity (Wildman–Crippen MR) is 89.4 cm³/mol. The van der Waals surface area contributed by atoms with Gasteiger partial charge in [-0.25, -0.2) is 0 Å². The second kappa shape index (κ2) is 8.31. The van der Waals surface area contributed by atoms with Crippen LogP contribution in [0, 0.1) is 23.7 Å². The van der Waals surface area contributed by atoms with Crippen LogP contribution in [-0.2, 0) is 9.59 Å². The van der Waals surface area contributed by atoms with Crippen molar-refractivity contribution in [2.75, 3.05) is 24.1 Å². The Bertz CT molecular complexity index is 378. The summed E-state index contributed by atoms with van der Waals surface area (Å²) in [4.78, 5) is 23.7. The lowest BCUT2D eigenvalue weighted by Gasteiger charge is -2.27. The van der Waals surface area contributed by atoms with E-state index in [0.717, 1.165) is 38.8 Å². The van der Waals surface area contributed by atoms with Crippen LogP contribution in [0.25, 0.3) is 0 Å². The van der Waals surface area contributed by atoms with Crippen LogP contribution in [0.1, 0.15) is 32.1 Å². The van der Waals surface area contributed by atoms with Gasteiger partial charge in [-0.3, -0.25) is 9.59 Å². The zero-order chi connectivity index (χ0) is 15.2. The summed E-state index contributed by atoms with van der Waals surface area (Å²) in [5, 5.41) is 15.6. The summed E-state index contributed by atoms with van der Waals surface area (Å²) >= 11 is 2.37. The molecule has 120 valence electrons. The fraction of sp³-hybridized carbons (Fsp3) is 0.867. The molecule has 6 heteroatoms. The number of carbonyl (C=O) groups is 2. The standard InChI is InChI=1S/C15H25IN2O3/c16-5-1-2-6-17-7-8-18-14(19)12-10-3-4-11(9-10)13(12)15(20)21/h10-13,17H,1-9H2,(H,18,19)(H,20,21). The number of amides is 1. The first-order chi connectivity index (χ1) is 10.1. The molecule has 2 fully saturated rings. The Labute approximate surface area is 139 Å². The maximum absolute atomic E-state index is 12.3. The average Bonchev–Trinajstić information content (AvgIpc) is 3.06. The highest BCUT2D eigenvalue weighted by molar-refractivity contribution is 14.1. The molecule has 2 saturated carbocycles. The highest BCUT2D eigenvalue weighted by Crippen LogP contribution is 2.52. The Morgan fingerprint density at radius 2 is 1.76 bits per heavy atom. The zero-order valence-electron chi connectivity index (χ0n) is 12.3. The summed E-state index contributed by atoms with van der Waals surface area (Å²) in [6, 6.07) is 0. The third-order valence-electron chi connectivity index (χ3n) is 4.84. The lowest BCUT2D eigenvalue weighted by molar-refractivity contribution is -0.149. The topological polar surface area (TPSA) is 78.4 Å². The first kappa shape index (κ1) is 17.0. The number of fused-ring (bicyclic) bond motifs is 2. The summed E-state index contributed by atoms with van der Waals surface area (Å²) in [5.74, 6) is -1.11. The molecular weight excluding hydrogens is 383 g/mol. The van der Waals surface area contributed by atoms with Crippen LogP contribution >= 0.6 is 22.6 Å². The van der Waals surface area contributed by atoms with E-state index in [9.17, 15) is 14.7 Å². The summed E-state index contributed by atoms with van der Waals surface area (Å²) in [6.45, 7) is 2.32. The second-order valence-electron chi connectivity index (χ2n) is 6.16. The average molecular weight is 408 g/mol. The van der Waals surface area contributed by atoms with Crippen molar-refractivity contribution in [2.45, 2.75) is 32.1 Å². The number of nitrogens with one attached hydrogen (secondary N) is 2. The van der Waals surface area contributed by atoms with Crippen LogP contribution < -0.4 is 10.6 Å². The van der Waals surface area contributed by atoms with Crippen molar-refractivity contribution in [1.82, 2.24) is 10.6 Å². The van der Waals surface area contributed by atoms with Gasteiger partial charge in [0.1, 0.15) is 0 Å². The van der Waals surface area contributed by atoms with Gasteiger partial charge in [-0.15, -0.1) is 0 Å². The number of hydrogen-bond donors (Lipinski definition) is 3. The molecule has 0 aromatic rings. The number of alkyl halides is 1. The minimum absolute atomic E-state index is 0.0522. The van der Waals surface area contributed by atoms with Gasteiger partial charge in [-0.05, 0) is 54.9 Å². The summed E-state index contributed by atoms with van der Waals surface area (Å²) in [6.07, 6.45) is 5.28. The lowest BCUT2D eigenvalue weighted by Crippen LogP contribution is -2.43. The molecule has 1 amide bonds. The number of carboxylic acids is 1. The number of rotatable bonds is 9. The van der Waals surface area contributed by atoms with Crippen molar-refractivity contribution in [3.63, 3.8) is 0 Å². The molecule has 5 nitrogen and oxygen atoms in total. The van der Waals surface area contributed by atoms with Crippen molar-refractivity contribution in [2.24, 2.45) is 23.7 Å². The quantitative estimate of drug-likeness (QED) is 0.308. The Morgan fingerprint density at radius 1 is 1.05 bits per heavy atom. The minimum Gasteiger partial charge on any atom is -0.481 e. The molecule has 2 aliphatic rings. The summed E-state index contributed by atoms with van der Waals surface area (Å²) in [5.41, 5.74) is 0. The van der Waals surface area contributed by atoms with Gasteiger partial charge < -0.3 is 15.7 Å². The van der Waals surface area contributed by atoms with Gasteiger partial charge in [0.15, 0.2) is 0 Å². The summed E-state index contributed by atoms with van der Waals surface area (Å²) < 4.78 is 1.18. The highest BCUT2D eigenvalue weighted by Gasteiger charge is 2.53. The van der Waals surface area contributed by atoms with E-state index < -0.39 is 11.9 Å². The third kappa shape index (κ3) is 4.31. The van der Waals surface area contributed by atoms with E-state index in [2.05, 4.69) is 33.2 Å². The molecule has 0 radical (unpaired) electrons. The van der Waals surface area contributed by atoms with E-state index in [1.54, 1.807) is 0 Å². The van der Waals surface area contributed by atoms with Crippen molar-refractivity contribution >= 4 is 34.5 Å². The number of aliphatic carboxylic acids is 1. The van der Waals surface area contributed by atoms with E-state index in [-0.39, 0.29) is 23.7 Å². The normalized spacial score (nSPS) is 30.5. The first-order valence-electron chi connectivity index (χ1n) is 7.92. The van der Waals surface area contributed by atoms with Crippen molar-refractivity contribution in [3.05, 3.63) is 0 Å². The molecule has 4 unspecified atom stereocenters. The number of carboxylic acid groups (broad SMARTS) is 1. The molecule has 0 aromatic carbocycles. The predicted octanol–water partition coefficient (Wildman–Crippen LogP) is 1.65. The van der Waals surface area contributed by atoms with E-state index in [4.69, 9.17) is 0 Å². The third-order valence-corrected chi connectivity index (χ3v) is 5.61. The fourth-order valence-corrected chi connectivity index (χ4v) is 4.42. The summed E-state index contributed by atoms with van der Waals surface area (Å²) in [7, 11) is 0. The monoisotopic (exact) mass is 408 g/mol. The molecule has 3 N–H and O–H groups in total. The highest BCUT2D eigenvalue weighted by atomic mass is 127. The molecule has 0 aliphatic heterocycles. The molecule has 4 atom stereocenters. The van der Waals surface area contributed by atoms with Crippen molar-refractivity contribution in [3.8, 4) is 0 Å².